The minimum atomic E-state index is -0.629. The maximum Gasteiger partial charge on any atom is 0.411 e. The molecular weight excluding hydrogens is 482 g/mol. The zero-order valence-corrected chi connectivity index (χ0v) is 21.3. The van der Waals surface area contributed by atoms with Gasteiger partial charge in [-0.25, -0.2) is 19.7 Å². The standard InChI is InChI=1S/C29H29N5O4/c1-29(2)24(18-8-4-3-5-9-18)33(28(37)38-29)20-14-12-19(13-15-20)32-25-23(16-30-17-31-25)34-26(35)21-10-6-7-11-22(21)27(34)36/h3-11,16-17,19-20,24H,12-15H2,1-2H3,(H,30,31,32). The van der Waals surface area contributed by atoms with Crippen molar-refractivity contribution in [2.45, 2.75) is 63.3 Å². The number of nitrogens with zero attached hydrogens (tertiary/aromatic N) is 4. The maximum absolute atomic E-state index is 13.0. The van der Waals surface area contributed by atoms with Gasteiger partial charge >= 0.3 is 6.09 Å². The number of rotatable bonds is 5. The molecule has 0 radical (unpaired) electrons. The van der Waals surface area contributed by atoms with Crippen LogP contribution in [-0.4, -0.2) is 50.5 Å². The first-order chi connectivity index (χ1) is 18.3. The number of ether oxygens (including phenoxy) is 1. The van der Waals surface area contributed by atoms with Crippen LogP contribution in [-0.2, 0) is 4.74 Å². The Balaban J connectivity index is 1.18. The highest BCUT2D eigenvalue weighted by molar-refractivity contribution is 6.35. The molecule has 0 bridgehead atoms. The van der Waals surface area contributed by atoms with Crippen molar-refractivity contribution in [3.63, 3.8) is 0 Å². The van der Waals surface area contributed by atoms with Crippen LogP contribution in [0.3, 0.4) is 0 Å². The predicted octanol–water partition coefficient (Wildman–Crippen LogP) is 4.97. The van der Waals surface area contributed by atoms with Crippen molar-refractivity contribution in [2.75, 3.05) is 10.2 Å². The third kappa shape index (κ3) is 3.98. The van der Waals surface area contributed by atoms with Gasteiger partial charge in [0.25, 0.3) is 11.8 Å². The largest absolute Gasteiger partial charge is 0.441 e. The van der Waals surface area contributed by atoms with E-state index in [2.05, 4.69) is 15.3 Å². The van der Waals surface area contributed by atoms with Gasteiger partial charge in [-0.3, -0.25) is 14.5 Å². The van der Waals surface area contributed by atoms with Gasteiger partial charge in [-0.2, -0.15) is 0 Å². The Hall–Kier alpha value is -4.27. The molecule has 38 heavy (non-hydrogen) atoms. The Bertz CT molecular complexity index is 1370. The van der Waals surface area contributed by atoms with Crippen LogP contribution >= 0.6 is 0 Å². The minimum Gasteiger partial charge on any atom is -0.441 e. The lowest BCUT2D eigenvalue weighted by atomic mass is 9.86. The number of anilines is 2. The van der Waals surface area contributed by atoms with Crippen LogP contribution in [0.1, 0.15) is 71.9 Å². The molecule has 2 aromatic carbocycles. The second-order valence-electron chi connectivity index (χ2n) is 10.6. The van der Waals surface area contributed by atoms with Crippen molar-refractivity contribution in [3.8, 4) is 0 Å². The number of amides is 3. The summed E-state index contributed by atoms with van der Waals surface area (Å²) in [6.45, 7) is 3.93. The summed E-state index contributed by atoms with van der Waals surface area (Å²) in [4.78, 5) is 50.6. The molecule has 1 unspecified atom stereocenters. The average molecular weight is 512 g/mol. The van der Waals surface area contributed by atoms with E-state index in [4.69, 9.17) is 4.74 Å². The van der Waals surface area contributed by atoms with Gasteiger partial charge in [-0.15, -0.1) is 0 Å². The zero-order chi connectivity index (χ0) is 26.4. The van der Waals surface area contributed by atoms with E-state index in [0.717, 1.165) is 36.1 Å². The Labute approximate surface area is 220 Å². The van der Waals surface area contributed by atoms with Gasteiger partial charge in [0, 0.05) is 12.1 Å². The fourth-order valence-electron chi connectivity index (χ4n) is 6.03. The van der Waals surface area contributed by atoms with Crippen molar-refractivity contribution in [2.24, 2.45) is 0 Å². The van der Waals surface area contributed by atoms with Gasteiger partial charge in [0.15, 0.2) is 5.82 Å². The van der Waals surface area contributed by atoms with E-state index in [-0.39, 0.29) is 36.0 Å². The number of nitrogens with one attached hydrogen (secondary N) is 1. The topological polar surface area (TPSA) is 105 Å². The first kappa shape index (κ1) is 24.1. The maximum atomic E-state index is 13.0. The Morgan fingerprint density at radius 2 is 1.53 bits per heavy atom. The van der Waals surface area contributed by atoms with E-state index >= 15 is 0 Å². The summed E-state index contributed by atoms with van der Waals surface area (Å²) in [7, 11) is 0. The van der Waals surface area contributed by atoms with E-state index in [1.165, 1.54) is 12.5 Å². The number of hydrogen-bond acceptors (Lipinski definition) is 7. The van der Waals surface area contributed by atoms with Crippen LogP contribution in [0.25, 0.3) is 0 Å². The highest BCUT2D eigenvalue weighted by Crippen LogP contribution is 2.45. The van der Waals surface area contributed by atoms with Crippen molar-refractivity contribution >= 4 is 29.4 Å². The lowest BCUT2D eigenvalue weighted by molar-refractivity contribution is 0.0664. The monoisotopic (exact) mass is 511 g/mol. The Morgan fingerprint density at radius 1 is 0.895 bits per heavy atom. The molecule has 9 nitrogen and oxygen atoms in total. The molecule has 3 aromatic rings. The predicted molar refractivity (Wildman–Crippen MR) is 141 cm³/mol. The highest BCUT2D eigenvalue weighted by Gasteiger charge is 2.51. The molecule has 194 valence electrons. The molecule has 1 saturated heterocycles. The van der Waals surface area contributed by atoms with Crippen molar-refractivity contribution in [1.82, 2.24) is 14.9 Å². The molecule has 1 aromatic heterocycles. The smallest absolute Gasteiger partial charge is 0.411 e. The molecule has 2 fully saturated rings. The van der Waals surface area contributed by atoms with E-state index < -0.39 is 5.60 Å². The quantitative estimate of drug-likeness (QED) is 0.482. The van der Waals surface area contributed by atoms with Crippen LogP contribution in [0.15, 0.2) is 67.1 Å². The summed E-state index contributed by atoms with van der Waals surface area (Å²) in [6, 6.07) is 16.8. The second-order valence-corrected chi connectivity index (χ2v) is 10.6. The lowest BCUT2D eigenvalue weighted by Gasteiger charge is -2.38. The van der Waals surface area contributed by atoms with E-state index in [1.807, 2.05) is 49.1 Å². The van der Waals surface area contributed by atoms with E-state index in [9.17, 15) is 14.4 Å². The molecule has 3 aliphatic rings. The van der Waals surface area contributed by atoms with Gasteiger partial charge in [0.1, 0.15) is 17.6 Å². The Kier molecular flexibility index (Phi) is 5.86. The first-order valence-electron chi connectivity index (χ1n) is 13.0. The lowest BCUT2D eigenvalue weighted by Crippen LogP contribution is -2.44. The van der Waals surface area contributed by atoms with E-state index in [0.29, 0.717) is 22.6 Å². The highest BCUT2D eigenvalue weighted by atomic mass is 16.6. The number of fused-ring (bicyclic) bond motifs is 1. The average Bonchev–Trinajstić information content (AvgIpc) is 3.32. The van der Waals surface area contributed by atoms with Gasteiger partial charge < -0.3 is 10.1 Å². The van der Waals surface area contributed by atoms with Crippen LogP contribution in [0.4, 0.5) is 16.3 Å². The third-order valence-electron chi connectivity index (χ3n) is 7.77. The number of benzene rings is 2. The summed E-state index contributed by atoms with van der Waals surface area (Å²) in [5.74, 6) is -0.314. The number of carbonyl (C=O) groups is 3. The molecule has 1 aliphatic carbocycles. The molecule has 2 aliphatic heterocycles. The molecule has 6 rings (SSSR count). The molecule has 1 N–H and O–H groups in total. The molecule has 9 heteroatoms. The van der Waals surface area contributed by atoms with Crippen molar-refractivity contribution in [3.05, 3.63) is 83.8 Å². The number of aromatic nitrogens is 2. The number of cyclic esters (lactones) is 1. The van der Waals surface area contributed by atoms with Gasteiger partial charge in [0.2, 0.25) is 0 Å². The third-order valence-corrected chi connectivity index (χ3v) is 7.77. The van der Waals surface area contributed by atoms with Crippen LogP contribution in [0.5, 0.6) is 0 Å². The van der Waals surface area contributed by atoms with Crippen LogP contribution in [0, 0.1) is 0 Å². The van der Waals surface area contributed by atoms with Crippen molar-refractivity contribution < 1.29 is 19.1 Å². The van der Waals surface area contributed by atoms with Gasteiger partial charge in [-0.05, 0) is 57.2 Å². The van der Waals surface area contributed by atoms with Crippen LogP contribution < -0.4 is 10.2 Å². The molecule has 1 saturated carbocycles. The fraction of sp³-hybridized carbons (Fsp3) is 0.345. The minimum absolute atomic E-state index is 0.0497. The SMILES string of the molecule is CC1(C)OC(=O)N(C2CCC(Nc3ncncc3N3C(=O)c4ccccc4C3=O)CC2)C1c1ccccc1. The fourth-order valence-corrected chi connectivity index (χ4v) is 6.03. The number of hydrogen-bond donors (Lipinski definition) is 1. The molecular formula is C29H29N5O4. The second kappa shape index (κ2) is 9.24. The molecule has 3 heterocycles. The summed E-state index contributed by atoms with van der Waals surface area (Å²) in [5, 5.41) is 3.44. The van der Waals surface area contributed by atoms with Gasteiger partial charge in [-0.1, -0.05) is 42.5 Å². The normalized spacial score (nSPS) is 24.4. The van der Waals surface area contributed by atoms with Crippen LogP contribution in [0.2, 0.25) is 0 Å². The number of imide groups is 1. The molecule has 0 spiro atoms. The van der Waals surface area contributed by atoms with Gasteiger partial charge in [0.05, 0.1) is 23.4 Å². The molecule has 1 atom stereocenters. The summed E-state index contributed by atoms with van der Waals surface area (Å²) >= 11 is 0. The summed E-state index contributed by atoms with van der Waals surface area (Å²) < 4.78 is 5.81. The molecule has 3 amide bonds. The Morgan fingerprint density at radius 3 is 2.18 bits per heavy atom. The first-order valence-corrected chi connectivity index (χ1v) is 13.0. The van der Waals surface area contributed by atoms with E-state index in [1.54, 1.807) is 24.3 Å². The summed E-state index contributed by atoms with van der Waals surface area (Å²) in [5.41, 5.74) is 1.53. The zero-order valence-electron chi connectivity index (χ0n) is 21.3. The van der Waals surface area contributed by atoms with Crippen molar-refractivity contribution in [1.29, 1.82) is 0 Å². The number of carbonyl (C=O) groups excluding carboxylic acids is 3. The summed E-state index contributed by atoms with van der Waals surface area (Å²) in [6.07, 6.45) is 5.80.